The Morgan fingerprint density at radius 2 is 1.41 bits per heavy atom. The average Bonchev–Trinajstić information content (AvgIpc) is 2.37. The van der Waals surface area contributed by atoms with Gasteiger partial charge in [-0.1, -0.05) is 42.5 Å². The molecular weight excluding hydrogens is 248 g/mol. The lowest BCUT2D eigenvalue weighted by Crippen LogP contribution is -2.45. The summed E-state index contributed by atoms with van der Waals surface area (Å²) >= 11 is 0. The molecule has 1 rings (SSSR count). The summed E-state index contributed by atoms with van der Waals surface area (Å²) in [6.07, 6.45) is 0. The molecule has 1 radical (unpaired) electrons. The molecule has 1 aromatic carbocycles. The Hall–Kier alpha value is -0.466. The first kappa shape index (κ1) is 14.6. The highest BCUT2D eigenvalue weighted by Crippen LogP contribution is 2.13. The zero-order chi connectivity index (χ0) is 12.9. The van der Waals surface area contributed by atoms with Gasteiger partial charge in [-0.3, -0.25) is 0 Å². The minimum absolute atomic E-state index is 0.371. The van der Waals surface area contributed by atoms with E-state index in [2.05, 4.69) is 37.4 Å². The van der Waals surface area contributed by atoms with Crippen LogP contribution in [0.1, 0.15) is 5.56 Å². The van der Waals surface area contributed by atoms with E-state index in [1.165, 1.54) is 10.8 Å². The van der Waals surface area contributed by atoms with Gasteiger partial charge in [0, 0.05) is 27.4 Å². The minimum atomic E-state index is -2.49. The maximum Gasteiger partial charge on any atom is 0.504 e. The quantitative estimate of drug-likeness (QED) is 0.734. The maximum atomic E-state index is 5.42. The van der Waals surface area contributed by atoms with E-state index in [0.29, 0.717) is 6.04 Å². The van der Waals surface area contributed by atoms with Gasteiger partial charge in [0.05, 0.1) is 8.80 Å². The van der Waals surface area contributed by atoms with Crippen molar-refractivity contribution in [1.29, 1.82) is 0 Å². The molecule has 0 spiro atoms. The van der Waals surface area contributed by atoms with Crippen LogP contribution in [-0.4, -0.2) is 38.9 Å². The van der Waals surface area contributed by atoms with Gasteiger partial charge in [0.25, 0.3) is 0 Å². The third-order valence-electron chi connectivity index (χ3n) is 2.88. The Morgan fingerprint density at radius 1 is 0.941 bits per heavy atom. The fourth-order valence-corrected chi connectivity index (χ4v) is 4.17. The smallest absolute Gasteiger partial charge is 0.377 e. The molecule has 0 aromatic heterocycles. The predicted molar refractivity (Wildman–Crippen MR) is 74.0 cm³/mol. The molecule has 0 atom stereocenters. The Bertz CT molecular complexity index is 326. The maximum absolute atomic E-state index is 5.42. The lowest BCUT2D eigenvalue weighted by atomic mass is 10.2. The van der Waals surface area contributed by atoms with Crippen LogP contribution in [0.2, 0.25) is 13.1 Å². The molecule has 0 unspecified atom stereocenters. The molecule has 0 aliphatic rings. The second-order valence-corrected chi connectivity index (χ2v) is 9.69. The van der Waals surface area contributed by atoms with E-state index in [-0.39, 0.29) is 8.80 Å². The molecule has 5 heteroatoms. The monoisotopic (exact) mass is 269 g/mol. The highest BCUT2D eigenvalue weighted by molar-refractivity contribution is 6.70. The van der Waals surface area contributed by atoms with Crippen molar-refractivity contribution in [3.63, 3.8) is 0 Å². The van der Waals surface area contributed by atoms with Gasteiger partial charge in [-0.15, -0.1) is 0 Å². The van der Waals surface area contributed by atoms with Crippen LogP contribution in [0.15, 0.2) is 24.3 Å². The van der Waals surface area contributed by atoms with E-state index in [0.717, 1.165) is 0 Å². The number of hydrogen-bond acceptors (Lipinski definition) is 3. The van der Waals surface area contributed by atoms with Gasteiger partial charge in [0.2, 0.25) is 0 Å². The van der Waals surface area contributed by atoms with Crippen molar-refractivity contribution in [1.82, 2.24) is 0 Å². The number of rotatable bonds is 6. The fourth-order valence-electron chi connectivity index (χ4n) is 1.67. The van der Waals surface area contributed by atoms with Crippen molar-refractivity contribution >= 4 is 22.8 Å². The van der Waals surface area contributed by atoms with E-state index in [9.17, 15) is 0 Å². The van der Waals surface area contributed by atoms with Crippen molar-refractivity contribution < 1.29 is 13.3 Å². The third kappa shape index (κ3) is 3.75. The minimum Gasteiger partial charge on any atom is -0.377 e. The van der Waals surface area contributed by atoms with E-state index in [4.69, 9.17) is 13.3 Å². The molecule has 0 saturated carbocycles. The molecule has 0 amide bonds. The second-order valence-electron chi connectivity index (χ2n) is 4.17. The molecule has 95 valence electrons. The molecule has 0 N–H and O–H groups in total. The highest BCUT2D eigenvalue weighted by Gasteiger charge is 2.37. The predicted octanol–water partition coefficient (Wildman–Crippen LogP) is 1.61. The number of hydrogen-bond donors (Lipinski definition) is 0. The van der Waals surface area contributed by atoms with Crippen LogP contribution in [-0.2, 0) is 19.3 Å². The van der Waals surface area contributed by atoms with E-state index in [1.807, 2.05) is 0 Å². The van der Waals surface area contributed by atoms with Gasteiger partial charge < -0.3 is 13.3 Å². The lowest BCUT2D eigenvalue weighted by molar-refractivity contribution is 0.122. The Balaban J connectivity index is 2.80. The molecule has 1 aromatic rings. The van der Waals surface area contributed by atoms with Gasteiger partial charge in [0.1, 0.15) is 0 Å². The summed E-state index contributed by atoms with van der Waals surface area (Å²) in [5, 5.41) is 1.44. The van der Waals surface area contributed by atoms with Crippen LogP contribution < -0.4 is 5.19 Å². The van der Waals surface area contributed by atoms with E-state index < -0.39 is 8.80 Å². The molecule has 0 bridgehead atoms. The molecule has 0 fully saturated rings. The van der Waals surface area contributed by atoms with Crippen molar-refractivity contribution in [2.75, 3.05) is 21.3 Å². The van der Waals surface area contributed by atoms with Crippen molar-refractivity contribution in [2.45, 2.75) is 19.1 Å². The largest absolute Gasteiger partial charge is 0.504 e. The van der Waals surface area contributed by atoms with Crippen molar-refractivity contribution in [2.24, 2.45) is 0 Å². The molecule has 0 saturated heterocycles. The Labute approximate surface area is 107 Å². The summed E-state index contributed by atoms with van der Waals surface area (Å²) < 4.78 is 16.3. The van der Waals surface area contributed by atoms with Gasteiger partial charge in [0.15, 0.2) is 0 Å². The average molecular weight is 269 g/mol. The summed E-state index contributed by atoms with van der Waals surface area (Å²) in [6.45, 7) is 4.58. The zero-order valence-electron chi connectivity index (χ0n) is 11.2. The summed E-state index contributed by atoms with van der Waals surface area (Å²) in [7, 11) is 2.07. The van der Waals surface area contributed by atoms with Gasteiger partial charge in [-0.25, -0.2) is 0 Å². The lowest BCUT2D eigenvalue weighted by Gasteiger charge is -2.24. The Morgan fingerprint density at radius 3 is 1.76 bits per heavy atom. The van der Waals surface area contributed by atoms with Crippen LogP contribution in [0, 0.1) is 0 Å². The van der Waals surface area contributed by atoms with Crippen LogP contribution in [0.25, 0.3) is 0 Å². The van der Waals surface area contributed by atoms with Crippen molar-refractivity contribution in [3.05, 3.63) is 29.8 Å². The first-order chi connectivity index (χ1) is 8.06. The normalized spacial score (nSPS) is 12.1. The second kappa shape index (κ2) is 6.46. The molecule has 3 nitrogen and oxygen atoms in total. The zero-order valence-corrected chi connectivity index (χ0v) is 13.2. The van der Waals surface area contributed by atoms with Crippen molar-refractivity contribution in [3.8, 4) is 0 Å². The van der Waals surface area contributed by atoms with Gasteiger partial charge in [-0.2, -0.15) is 0 Å². The summed E-state index contributed by atoms with van der Waals surface area (Å²) in [4.78, 5) is 0. The van der Waals surface area contributed by atoms with E-state index >= 15 is 0 Å². The van der Waals surface area contributed by atoms with Gasteiger partial charge >= 0.3 is 8.80 Å². The first-order valence-electron chi connectivity index (χ1n) is 5.62. The Kier molecular flexibility index (Phi) is 5.55. The molecule has 0 aliphatic carbocycles. The van der Waals surface area contributed by atoms with Gasteiger partial charge in [-0.05, 0) is 5.56 Å². The SMILES string of the molecule is CO[Si](Cc1ccc([Si](C)C)cc1)(OC)OC. The number of benzene rings is 1. The highest BCUT2D eigenvalue weighted by atomic mass is 28.4. The summed E-state index contributed by atoms with van der Waals surface area (Å²) in [5.74, 6) is 0. The topological polar surface area (TPSA) is 27.7 Å². The summed E-state index contributed by atoms with van der Waals surface area (Å²) in [5.41, 5.74) is 1.20. The molecule has 17 heavy (non-hydrogen) atoms. The van der Waals surface area contributed by atoms with Crippen LogP contribution >= 0.6 is 0 Å². The van der Waals surface area contributed by atoms with E-state index in [1.54, 1.807) is 21.3 Å². The molecule has 0 heterocycles. The van der Waals surface area contributed by atoms with Crippen LogP contribution in [0.3, 0.4) is 0 Å². The third-order valence-corrected chi connectivity index (χ3v) is 7.08. The standard InChI is InChI=1S/C12H21O3Si2/c1-13-17(14-2,15-3)10-11-6-8-12(9-7-11)16(4)5/h6-9H,10H2,1-5H3. The first-order valence-corrected chi connectivity index (χ1v) is 10.0. The summed E-state index contributed by atoms with van der Waals surface area (Å²) in [6, 6.07) is 9.40. The molecule has 0 aliphatic heterocycles. The molecular formula is C12H21O3Si2. The fraction of sp³-hybridized carbons (Fsp3) is 0.500. The van der Waals surface area contributed by atoms with Crippen LogP contribution in [0.5, 0.6) is 0 Å². The van der Waals surface area contributed by atoms with Crippen LogP contribution in [0.4, 0.5) is 0 Å².